The molecule has 1 amide bonds. The van der Waals surface area contributed by atoms with Crippen LogP contribution in [0.3, 0.4) is 0 Å². The summed E-state index contributed by atoms with van der Waals surface area (Å²) in [4.78, 5) is 11.4. The Kier molecular flexibility index (Phi) is 5.57. The molecule has 0 heterocycles. The highest BCUT2D eigenvalue weighted by Gasteiger charge is 2.20. The number of ether oxygens (including phenoxy) is 1. The molecule has 1 aromatic rings. The fourth-order valence-electron chi connectivity index (χ4n) is 1.60. The number of hydrogen-bond acceptors (Lipinski definition) is 3. The van der Waals surface area contributed by atoms with E-state index in [9.17, 15) is 9.18 Å². The van der Waals surface area contributed by atoms with Crippen molar-refractivity contribution in [3.8, 4) is 5.75 Å². The van der Waals surface area contributed by atoms with E-state index in [1.807, 2.05) is 0 Å². The van der Waals surface area contributed by atoms with Crippen molar-refractivity contribution in [2.45, 2.75) is 38.3 Å². The number of halogens is 2. The van der Waals surface area contributed by atoms with Crippen molar-refractivity contribution < 1.29 is 13.9 Å². The summed E-state index contributed by atoms with van der Waals surface area (Å²) in [5.41, 5.74) is 5.80. The van der Waals surface area contributed by atoms with E-state index in [2.05, 4.69) is 5.32 Å². The Morgan fingerprint density at radius 2 is 2.21 bits per heavy atom. The zero-order valence-electron chi connectivity index (χ0n) is 10.7. The molecular formula is C13H18ClFN2O2. The van der Waals surface area contributed by atoms with Gasteiger partial charge in [-0.05, 0) is 38.3 Å². The summed E-state index contributed by atoms with van der Waals surface area (Å²) < 4.78 is 19.2. The molecule has 106 valence electrons. The Morgan fingerprint density at radius 3 is 2.68 bits per heavy atom. The summed E-state index contributed by atoms with van der Waals surface area (Å²) in [5.74, 6) is -0.579. The molecule has 0 aliphatic heterocycles. The number of amides is 1. The SMILES string of the molecule is C[C@@H](N)C(=O)Nc1ccc(OC2CCC2)c(F)c1.Cl. The van der Waals surface area contributed by atoms with E-state index in [0.717, 1.165) is 19.3 Å². The van der Waals surface area contributed by atoms with E-state index in [0.29, 0.717) is 5.69 Å². The Morgan fingerprint density at radius 1 is 1.53 bits per heavy atom. The van der Waals surface area contributed by atoms with E-state index >= 15 is 0 Å². The molecule has 19 heavy (non-hydrogen) atoms. The number of carbonyl (C=O) groups excluding carboxylic acids is 1. The Bertz CT molecular complexity index is 450. The van der Waals surface area contributed by atoms with Crippen molar-refractivity contribution in [1.82, 2.24) is 0 Å². The van der Waals surface area contributed by atoms with Crippen LogP contribution in [0.1, 0.15) is 26.2 Å². The fourth-order valence-corrected chi connectivity index (χ4v) is 1.60. The monoisotopic (exact) mass is 288 g/mol. The minimum Gasteiger partial charge on any atom is -0.487 e. The van der Waals surface area contributed by atoms with Crippen molar-refractivity contribution in [3.05, 3.63) is 24.0 Å². The van der Waals surface area contributed by atoms with Gasteiger partial charge in [0, 0.05) is 11.8 Å². The number of carbonyl (C=O) groups is 1. The first-order valence-electron chi connectivity index (χ1n) is 6.09. The van der Waals surface area contributed by atoms with Gasteiger partial charge in [0.15, 0.2) is 11.6 Å². The summed E-state index contributed by atoms with van der Waals surface area (Å²) in [5, 5.41) is 2.53. The van der Waals surface area contributed by atoms with Crippen LogP contribution in [0, 0.1) is 5.82 Å². The molecule has 0 bridgehead atoms. The molecule has 2 rings (SSSR count). The maximum atomic E-state index is 13.7. The molecule has 1 aliphatic rings. The lowest BCUT2D eigenvalue weighted by Crippen LogP contribution is -2.32. The maximum absolute atomic E-state index is 13.7. The number of anilines is 1. The van der Waals surface area contributed by atoms with Crippen LogP contribution in [-0.4, -0.2) is 18.1 Å². The minimum absolute atomic E-state index is 0. The second-order valence-corrected chi connectivity index (χ2v) is 4.59. The first-order chi connectivity index (χ1) is 8.56. The van der Waals surface area contributed by atoms with E-state index in [4.69, 9.17) is 10.5 Å². The number of benzene rings is 1. The van der Waals surface area contributed by atoms with E-state index in [1.165, 1.54) is 12.1 Å². The van der Waals surface area contributed by atoms with E-state index < -0.39 is 11.9 Å². The largest absolute Gasteiger partial charge is 0.487 e. The maximum Gasteiger partial charge on any atom is 0.241 e. The average Bonchev–Trinajstić information content (AvgIpc) is 2.25. The topological polar surface area (TPSA) is 64.4 Å². The zero-order valence-corrected chi connectivity index (χ0v) is 11.5. The van der Waals surface area contributed by atoms with Crippen molar-refractivity contribution in [1.29, 1.82) is 0 Å². The van der Waals surface area contributed by atoms with Gasteiger partial charge in [-0.25, -0.2) is 4.39 Å². The lowest BCUT2D eigenvalue weighted by Gasteiger charge is -2.26. The van der Waals surface area contributed by atoms with Crippen LogP contribution in [0.2, 0.25) is 0 Å². The quantitative estimate of drug-likeness (QED) is 0.894. The highest BCUT2D eigenvalue weighted by atomic mass is 35.5. The molecule has 0 aromatic heterocycles. The first-order valence-corrected chi connectivity index (χ1v) is 6.09. The number of nitrogens with one attached hydrogen (secondary N) is 1. The van der Waals surface area contributed by atoms with Crippen molar-refractivity contribution in [2.75, 3.05) is 5.32 Å². The summed E-state index contributed by atoms with van der Waals surface area (Å²) in [6.07, 6.45) is 3.21. The summed E-state index contributed by atoms with van der Waals surface area (Å²) in [6.45, 7) is 1.57. The van der Waals surface area contributed by atoms with Gasteiger partial charge in [-0.2, -0.15) is 0 Å². The lowest BCUT2D eigenvalue weighted by molar-refractivity contribution is -0.117. The Hall–Kier alpha value is -1.33. The van der Waals surface area contributed by atoms with Crippen LogP contribution in [0.15, 0.2) is 18.2 Å². The third kappa shape index (κ3) is 4.08. The van der Waals surface area contributed by atoms with Crippen molar-refractivity contribution >= 4 is 24.0 Å². The van der Waals surface area contributed by atoms with Crippen LogP contribution in [0.25, 0.3) is 0 Å². The molecule has 0 unspecified atom stereocenters. The number of hydrogen-bond donors (Lipinski definition) is 2. The second kappa shape index (κ2) is 6.73. The van der Waals surface area contributed by atoms with Gasteiger partial charge in [0.05, 0.1) is 12.1 Å². The number of nitrogens with two attached hydrogens (primary N) is 1. The second-order valence-electron chi connectivity index (χ2n) is 4.59. The molecule has 1 saturated carbocycles. The van der Waals surface area contributed by atoms with E-state index in [1.54, 1.807) is 13.0 Å². The highest BCUT2D eigenvalue weighted by molar-refractivity contribution is 5.94. The van der Waals surface area contributed by atoms with Crippen LogP contribution in [-0.2, 0) is 4.79 Å². The first kappa shape index (κ1) is 15.7. The van der Waals surface area contributed by atoms with Gasteiger partial charge in [-0.1, -0.05) is 0 Å². The molecule has 1 aliphatic carbocycles. The van der Waals surface area contributed by atoms with Crippen LogP contribution in [0.5, 0.6) is 5.75 Å². The molecule has 0 radical (unpaired) electrons. The van der Waals surface area contributed by atoms with Gasteiger partial charge < -0.3 is 15.8 Å². The minimum atomic E-state index is -0.626. The van der Waals surface area contributed by atoms with Crippen molar-refractivity contribution in [3.63, 3.8) is 0 Å². The standard InChI is InChI=1S/C13H17FN2O2.ClH/c1-8(15)13(17)16-9-5-6-12(11(14)7-9)18-10-3-2-4-10;/h5-8,10H,2-4,15H2,1H3,(H,16,17);1H/t8-;/m1./s1. The molecule has 1 atom stereocenters. The van der Waals surface area contributed by atoms with Crippen LogP contribution < -0.4 is 15.8 Å². The van der Waals surface area contributed by atoms with Gasteiger partial charge in [0.2, 0.25) is 5.91 Å². The van der Waals surface area contributed by atoms with Gasteiger partial charge in [0.1, 0.15) is 0 Å². The Labute approximate surface area is 117 Å². The molecule has 3 N–H and O–H groups in total. The predicted octanol–water partition coefficient (Wildman–Crippen LogP) is 2.46. The predicted molar refractivity (Wildman–Crippen MR) is 74.2 cm³/mol. The lowest BCUT2D eigenvalue weighted by atomic mass is 9.96. The van der Waals surface area contributed by atoms with Crippen molar-refractivity contribution in [2.24, 2.45) is 5.73 Å². The van der Waals surface area contributed by atoms with Gasteiger partial charge in [-0.15, -0.1) is 12.4 Å². The molecule has 1 aromatic carbocycles. The normalized spacial score (nSPS) is 15.9. The highest BCUT2D eigenvalue weighted by Crippen LogP contribution is 2.28. The third-order valence-electron chi connectivity index (χ3n) is 2.96. The zero-order chi connectivity index (χ0) is 13.1. The number of rotatable bonds is 4. The molecule has 4 nitrogen and oxygen atoms in total. The van der Waals surface area contributed by atoms with E-state index in [-0.39, 0.29) is 30.2 Å². The molecule has 6 heteroatoms. The summed E-state index contributed by atoms with van der Waals surface area (Å²) >= 11 is 0. The average molecular weight is 289 g/mol. The summed E-state index contributed by atoms with van der Waals surface area (Å²) in [7, 11) is 0. The third-order valence-corrected chi connectivity index (χ3v) is 2.96. The van der Waals surface area contributed by atoms with Gasteiger partial charge in [0.25, 0.3) is 0 Å². The van der Waals surface area contributed by atoms with Crippen LogP contribution in [0.4, 0.5) is 10.1 Å². The molecule has 0 saturated heterocycles. The Balaban J connectivity index is 0.00000180. The molecule has 1 fully saturated rings. The fraction of sp³-hybridized carbons (Fsp3) is 0.462. The molecular weight excluding hydrogens is 271 g/mol. The van der Waals surface area contributed by atoms with Gasteiger partial charge >= 0.3 is 0 Å². The van der Waals surface area contributed by atoms with Gasteiger partial charge in [-0.3, -0.25) is 4.79 Å². The smallest absolute Gasteiger partial charge is 0.241 e. The summed E-state index contributed by atoms with van der Waals surface area (Å²) in [6, 6.07) is 3.76. The van der Waals surface area contributed by atoms with Crippen LogP contribution >= 0.6 is 12.4 Å². The molecule has 0 spiro atoms.